The van der Waals surface area contributed by atoms with Crippen LogP contribution < -0.4 is 10.1 Å². The van der Waals surface area contributed by atoms with E-state index in [4.69, 9.17) is 4.74 Å². The molecule has 0 radical (unpaired) electrons. The number of carbonyl (C=O) groups is 1. The highest BCUT2D eigenvalue weighted by atomic mass is 16.5. The predicted molar refractivity (Wildman–Crippen MR) is 105 cm³/mol. The van der Waals surface area contributed by atoms with Gasteiger partial charge in [-0.05, 0) is 54.0 Å². The van der Waals surface area contributed by atoms with Gasteiger partial charge in [0, 0.05) is 5.69 Å². The molecule has 0 aliphatic carbocycles. The SMILES string of the molecule is CCc1cccc(CC)c1NC(=O)COc1cc(C)ccc1C(C)C. The Morgan fingerprint density at radius 3 is 2.28 bits per heavy atom. The normalized spacial score (nSPS) is 10.8. The first-order valence-corrected chi connectivity index (χ1v) is 9.10. The second kappa shape index (κ2) is 8.70. The number of benzene rings is 2. The summed E-state index contributed by atoms with van der Waals surface area (Å²) in [6, 6.07) is 12.3. The van der Waals surface area contributed by atoms with Crippen LogP contribution in [0, 0.1) is 6.92 Å². The molecule has 0 aromatic heterocycles. The molecule has 134 valence electrons. The second-order valence-electron chi connectivity index (χ2n) is 6.69. The zero-order chi connectivity index (χ0) is 18.4. The van der Waals surface area contributed by atoms with Crippen LogP contribution in [-0.4, -0.2) is 12.5 Å². The van der Waals surface area contributed by atoms with Crippen molar-refractivity contribution >= 4 is 11.6 Å². The van der Waals surface area contributed by atoms with Crippen molar-refractivity contribution in [3.63, 3.8) is 0 Å². The molecule has 1 N–H and O–H groups in total. The van der Waals surface area contributed by atoms with Crippen molar-refractivity contribution in [2.24, 2.45) is 0 Å². The topological polar surface area (TPSA) is 38.3 Å². The lowest BCUT2D eigenvalue weighted by Gasteiger charge is -2.17. The number of amides is 1. The van der Waals surface area contributed by atoms with Crippen LogP contribution in [-0.2, 0) is 17.6 Å². The molecule has 0 aliphatic rings. The van der Waals surface area contributed by atoms with Gasteiger partial charge in [-0.1, -0.05) is 58.0 Å². The van der Waals surface area contributed by atoms with Gasteiger partial charge in [-0.15, -0.1) is 0 Å². The fraction of sp³-hybridized carbons (Fsp3) is 0.409. The lowest BCUT2D eigenvalue weighted by atomic mass is 10.0. The average Bonchev–Trinajstić information content (AvgIpc) is 2.59. The standard InChI is InChI=1S/C22H29NO2/c1-6-17-9-8-10-18(7-2)22(17)23-21(24)14-25-20-13-16(5)11-12-19(20)15(3)4/h8-13,15H,6-7,14H2,1-5H3,(H,23,24). The lowest BCUT2D eigenvalue weighted by molar-refractivity contribution is -0.118. The maximum absolute atomic E-state index is 12.5. The molecule has 0 fully saturated rings. The Balaban J connectivity index is 2.11. The van der Waals surface area contributed by atoms with Gasteiger partial charge in [0.2, 0.25) is 0 Å². The molecular weight excluding hydrogens is 310 g/mol. The van der Waals surface area contributed by atoms with E-state index in [2.05, 4.69) is 57.3 Å². The Labute approximate surface area is 151 Å². The van der Waals surface area contributed by atoms with Crippen LogP contribution in [0.5, 0.6) is 5.75 Å². The maximum atomic E-state index is 12.5. The highest BCUT2D eigenvalue weighted by Gasteiger charge is 2.13. The Kier molecular flexibility index (Phi) is 6.63. The first-order valence-electron chi connectivity index (χ1n) is 9.10. The Morgan fingerprint density at radius 2 is 1.72 bits per heavy atom. The van der Waals surface area contributed by atoms with Crippen LogP contribution in [0.2, 0.25) is 0 Å². The quantitative estimate of drug-likeness (QED) is 0.747. The van der Waals surface area contributed by atoms with Gasteiger partial charge in [0.15, 0.2) is 6.61 Å². The van der Waals surface area contributed by atoms with E-state index in [0.29, 0.717) is 5.92 Å². The van der Waals surface area contributed by atoms with Crippen molar-refractivity contribution < 1.29 is 9.53 Å². The summed E-state index contributed by atoms with van der Waals surface area (Å²) in [6.07, 6.45) is 1.78. The van der Waals surface area contributed by atoms with E-state index in [-0.39, 0.29) is 12.5 Å². The van der Waals surface area contributed by atoms with Gasteiger partial charge in [0.25, 0.3) is 5.91 Å². The van der Waals surface area contributed by atoms with Crippen LogP contribution in [0.4, 0.5) is 5.69 Å². The van der Waals surface area contributed by atoms with E-state index in [0.717, 1.165) is 46.5 Å². The van der Waals surface area contributed by atoms with Gasteiger partial charge >= 0.3 is 0 Å². The summed E-state index contributed by atoms with van der Waals surface area (Å²) in [5, 5.41) is 3.05. The van der Waals surface area contributed by atoms with Gasteiger partial charge in [-0.3, -0.25) is 4.79 Å². The van der Waals surface area contributed by atoms with Crippen LogP contribution in [0.1, 0.15) is 55.9 Å². The summed E-state index contributed by atoms with van der Waals surface area (Å²) in [4.78, 5) is 12.5. The zero-order valence-electron chi connectivity index (χ0n) is 16.0. The summed E-state index contributed by atoms with van der Waals surface area (Å²) in [7, 11) is 0. The number of rotatable bonds is 7. The lowest BCUT2D eigenvalue weighted by Crippen LogP contribution is -2.22. The van der Waals surface area contributed by atoms with E-state index >= 15 is 0 Å². The third-order valence-electron chi connectivity index (χ3n) is 4.41. The summed E-state index contributed by atoms with van der Waals surface area (Å²) >= 11 is 0. The molecule has 0 bridgehead atoms. The monoisotopic (exact) mass is 339 g/mol. The molecule has 25 heavy (non-hydrogen) atoms. The minimum absolute atomic E-state index is 0.0182. The molecule has 3 heteroatoms. The van der Waals surface area contributed by atoms with Crippen molar-refractivity contribution in [1.82, 2.24) is 0 Å². The van der Waals surface area contributed by atoms with Crippen molar-refractivity contribution in [3.8, 4) is 5.75 Å². The fourth-order valence-corrected chi connectivity index (χ4v) is 2.97. The number of nitrogens with one attached hydrogen (secondary N) is 1. The van der Waals surface area contributed by atoms with Crippen LogP contribution in [0.15, 0.2) is 36.4 Å². The fourth-order valence-electron chi connectivity index (χ4n) is 2.97. The molecule has 0 unspecified atom stereocenters. The molecule has 0 aliphatic heterocycles. The molecule has 2 aromatic rings. The van der Waals surface area contributed by atoms with Gasteiger partial charge in [0.05, 0.1) is 0 Å². The Hall–Kier alpha value is -2.29. The molecule has 0 spiro atoms. The van der Waals surface area contributed by atoms with Crippen molar-refractivity contribution in [1.29, 1.82) is 0 Å². The first kappa shape index (κ1) is 19.0. The minimum Gasteiger partial charge on any atom is -0.483 e. The largest absolute Gasteiger partial charge is 0.483 e. The number of carbonyl (C=O) groups excluding carboxylic acids is 1. The maximum Gasteiger partial charge on any atom is 0.262 e. The van der Waals surface area contributed by atoms with Crippen molar-refractivity contribution in [3.05, 3.63) is 58.7 Å². The van der Waals surface area contributed by atoms with Crippen LogP contribution in [0.3, 0.4) is 0 Å². The van der Waals surface area contributed by atoms with E-state index < -0.39 is 0 Å². The van der Waals surface area contributed by atoms with E-state index in [9.17, 15) is 4.79 Å². The van der Waals surface area contributed by atoms with E-state index in [1.54, 1.807) is 0 Å². The molecule has 3 nitrogen and oxygen atoms in total. The van der Waals surface area contributed by atoms with Crippen molar-refractivity contribution in [2.45, 2.75) is 53.4 Å². The smallest absolute Gasteiger partial charge is 0.262 e. The molecule has 1 amide bonds. The Morgan fingerprint density at radius 1 is 1.08 bits per heavy atom. The summed E-state index contributed by atoms with van der Waals surface area (Å²) in [5.41, 5.74) is 5.51. The average molecular weight is 339 g/mol. The van der Waals surface area contributed by atoms with Gasteiger partial charge < -0.3 is 10.1 Å². The number of aryl methyl sites for hydroxylation is 3. The summed E-state index contributed by atoms with van der Waals surface area (Å²) < 4.78 is 5.85. The van der Waals surface area contributed by atoms with Gasteiger partial charge in [-0.25, -0.2) is 0 Å². The molecule has 0 saturated heterocycles. The van der Waals surface area contributed by atoms with Gasteiger partial charge in [-0.2, -0.15) is 0 Å². The highest BCUT2D eigenvalue weighted by Crippen LogP contribution is 2.28. The highest BCUT2D eigenvalue weighted by molar-refractivity contribution is 5.93. The summed E-state index contributed by atoms with van der Waals surface area (Å²) in [6.45, 7) is 10.5. The van der Waals surface area contributed by atoms with Gasteiger partial charge in [0.1, 0.15) is 5.75 Å². The number of para-hydroxylation sites is 1. The Bertz CT molecular complexity index is 713. The minimum atomic E-state index is -0.119. The number of hydrogen-bond donors (Lipinski definition) is 1. The number of hydrogen-bond acceptors (Lipinski definition) is 2. The first-order chi connectivity index (χ1) is 12.0. The molecule has 2 rings (SSSR count). The predicted octanol–water partition coefficient (Wildman–Crippen LogP) is 5.26. The molecule has 0 saturated carbocycles. The molecular formula is C22H29NO2. The molecule has 0 atom stereocenters. The number of anilines is 1. The third kappa shape index (κ3) is 4.85. The summed E-state index contributed by atoms with van der Waals surface area (Å²) in [5.74, 6) is 1.03. The van der Waals surface area contributed by atoms with E-state index in [1.165, 1.54) is 0 Å². The van der Waals surface area contributed by atoms with Crippen molar-refractivity contribution in [2.75, 3.05) is 11.9 Å². The van der Waals surface area contributed by atoms with E-state index in [1.807, 2.05) is 19.1 Å². The second-order valence-corrected chi connectivity index (χ2v) is 6.69. The third-order valence-corrected chi connectivity index (χ3v) is 4.41. The molecule has 2 aromatic carbocycles. The number of ether oxygens (including phenoxy) is 1. The zero-order valence-corrected chi connectivity index (χ0v) is 16.0. The van der Waals surface area contributed by atoms with Crippen LogP contribution in [0.25, 0.3) is 0 Å². The van der Waals surface area contributed by atoms with Crippen LogP contribution >= 0.6 is 0 Å². The molecule has 0 heterocycles.